The average molecular weight is 273 g/mol. The zero-order valence-electron chi connectivity index (χ0n) is 10.5. The summed E-state index contributed by atoms with van der Waals surface area (Å²) in [5.41, 5.74) is 14.1. The molecule has 1 aromatic heterocycles. The van der Waals surface area contributed by atoms with Crippen molar-refractivity contribution in [1.82, 2.24) is 15.0 Å². The number of nitrogens with two attached hydrogens (primary N) is 2. The van der Waals surface area contributed by atoms with Gasteiger partial charge in [0.1, 0.15) is 5.82 Å². The lowest BCUT2D eigenvalue weighted by Crippen LogP contribution is -2.05. The van der Waals surface area contributed by atoms with Crippen LogP contribution in [-0.2, 0) is 18.6 Å². The summed E-state index contributed by atoms with van der Waals surface area (Å²) in [4.78, 5) is 13.1. The molecule has 0 fully saturated rings. The van der Waals surface area contributed by atoms with Gasteiger partial charge in [0.05, 0.1) is 5.75 Å². The van der Waals surface area contributed by atoms with Gasteiger partial charge in [-0.2, -0.15) is 15.0 Å². The molecule has 0 saturated carbocycles. The van der Waals surface area contributed by atoms with Crippen LogP contribution >= 0.6 is 11.8 Å². The van der Waals surface area contributed by atoms with E-state index in [1.54, 1.807) is 11.8 Å². The van der Waals surface area contributed by atoms with Gasteiger partial charge in [-0.3, -0.25) is 0 Å². The van der Waals surface area contributed by atoms with E-state index in [0.717, 1.165) is 0 Å². The molecule has 3 rings (SSSR count). The van der Waals surface area contributed by atoms with Crippen molar-refractivity contribution in [2.75, 3.05) is 11.5 Å². The summed E-state index contributed by atoms with van der Waals surface area (Å²) in [6.45, 7) is 0. The highest BCUT2D eigenvalue weighted by Gasteiger charge is 2.11. The first-order chi connectivity index (χ1) is 9.20. The summed E-state index contributed by atoms with van der Waals surface area (Å²) >= 11 is 1.69. The molecule has 19 heavy (non-hydrogen) atoms. The molecule has 0 unspecified atom stereocenters. The van der Waals surface area contributed by atoms with Gasteiger partial charge in [-0.1, -0.05) is 6.07 Å². The first-order valence-corrected chi connectivity index (χ1v) is 7.20. The largest absolute Gasteiger partial charge is 0.368 e. The van der Waals surface area contributed by atoms with Crippen LogP contribution < -0.4 is 11.5 Å². The van der Waals surface area contributed by atoms with Crippen molar-refractivity contribution in [3.05, 3.63) is 35.2 Å². The predicted molar refractivity (Wildman–Crippen MR) is 76.7 cm³/mol. The van der Waals surface area contributed by atoms with Gasteiger partial charge in [0, 0.05) is 4.90 Å². The number of hydrogen-bond donors (Lipinski definition) is 2. The number of benzene rings is 1. The fourth-order valence-electron chi connectivity index (χ4n) is 2.31. The third-order valence-electron chi connectivity index (χ3n) is 3.15. The Bertz CT molecular complexity index is 594. The van der Waals surface area contributed by atoms with Crippen LogP contribution in [0.15, 0.2) is 23.1 Å². The maximum atomic E-state index is 5.55. The smallest absolute Gasteiger partial charge is 0.225 e. The summed E-state index contributed by atoms with van der Waals surface area (Å²) < 4.78 is 0. The van der Waals surface area contributed by atoms with Crippen molar-refractivity contribution < 1.29 is 0 Å². The van der Waals surface area contributed by atoms with Crippen LogP contribution in [-0.4, -0.2) is 15.0 Å². The molecular weight excluding hydrogens is 258 g/mol. The molecule has 1 heterocycles. The molecule has 6 heteroatoms. The SMILES string of the molecule is Nc1nc(N)nc(CSc2ccc3c(c2)CCC3)n1. The van der Waals surface area contributed by atoms with E-state index in [1.807, 2.05) is 0 Å². The Labute approximate surface area is 115 Å². The van der Waals surface area contributed by atoms with Crippen LogP contribution in [0.25, 0.3) is 0 Å². The van der Waals surface area contributed by atoms with E-state index in [1.165, 1.54) is 35.3 Å². The molecule has 0 spiro atoms. The molecular formula is C13H15N5S. The van der Waals surface area contributed by atoms with Gasteiger partial charge in [-0.05, 0) is 42.5 Å². The zero-order chi connectivity index (χ0) is 13.2. The Morgan fingerprint density at radius 2 is 1.74 bits per heavy atom. The number of aromatic nitrogens is 3. The number of rotatable bonds is 3. The first kappa shape index (κ1) is 12.2. The monoisotopic (exact) mass is 273 g/mol. The highest BCUT2D eigenvalue weighted by molar-refractivity contribution is 7.98. The number of nitrogens with zero attached hydrogens (tertiary/aromatic N) is 3. The van der Waals surface area contributed by atoms with Gasteiger partial charge >= 0.3 is 0 Å². The predicted octanol–water partition coefficient (Wildman–Crippen LogP) is 1.82. The van der Waals surface area contributed by atoms with Crippen molar-refractivity contribution in [1.29, 1.82) is 0 Å². The van der Waals surface area contributed by atoms with E-state index >= 15 is 0 Å². The van der Waals surface area contributed by atoms with Gasteiger partial charge in [-0.15, -0.1) is 11.8 Å². The van der Waals surface area contributed by atoms with Crippen LogP contribution in [0.1, 0.15) is 23.4 Å². The second-order valence-corrected chi connectivity index (χ2v) is 5.59. The van der Waals surface area contributed by atoms with Crippen molar-refractivity contribution >= 4 is 23.7 Å². The van der Waals surface area contributed by atoms with E-state index in [9.17, 15) is 0 Å². The third kappa shape index (κ3) is 2.78. The van der Waals surface area contributed by atoms with Crippen molar-refractivity contribution in [3.8, 4) is 0 Å². The maximum Gasteiger partial charge on any atom is 0.225 e. The van der Waals surface area contributed by atoms with Crippen LogP contribution in [0.5, 0.6) is 0 Å². The van der Waals surface area contributed by atoms with E-state index in [4.69, 9.17) is 11.5 Å². The average Bonchev–Trinajstić information content (AvgIpc) is 2.82. The molecule has 0 radical (unpaired) electrons. The Morgan fingerprint density at radius 3 is 2.53 bits per heavy atom. The molecule has 1 aromatic carbocycles. The first-order valence-electron chi connectivity index (χ1n) is 6.21. The van der Waals surface area contributed by atoms with Gasteiger partial charge in [0.25, 0.3) is 0 Å². The Balaban J connectivity index is 1.72. The summed E-state index contributed by atoms with van der Waals surface area (Å²) in [7, 11) is 0. The van der Waals surface area contributed by atoms with Crippen molar-refractivity contribution in [2.24, 2.45) is 0 Å². The van der Waals surface area contributed by atoms with Crippen LogP contribution in [0.4, 0.5) is 11.9 Å². The molecule has 4 N–H and O–H groups in total. The molecule has 1 aliphatic carbocycles. The molecule has 5 nitrogen and oxygen atoms in total. The van der Waals surface area contributed by atoms with E-state index < -0.39 is 0 Å². The fraction of sp³-hybridized carbons (Fsp3) is 0.308. The standard InChI is InChI=1S/C13H15N5S/c14-12-16-11(17-13(15)18-12)7-19-10-5-4-8-2-1-3-9(8)6-10/h4-6H,1-3,7H2,(H4,14,15,16,17,18). The second-order valence-electron chi connectivity index (χ2n) is 4.54. The third-order valence-corrected chi connectivity index (χ3v) is 4.14. The Morgan fingerprint density at radius 1 is 1.00 bits per heavy atom. The quantitative estimate of drug-likeness (QED) is 0.829. The minimum atomic E-state index is 0.178. The summed E-state index contributed by atoms with van der Waals surface area (Å²) in [5, 5.41) is 0. The lowest BCUT2D eigenvalue weighted by molar-refractivity contribution is 0.911. The summed E-state index contributed by atoms with van der Waals surface area (Å²) in [5.74, 6) is 1.63. The van der Waals surface area contributed by atoms with Gasteiger partial charge in [0.2, 0.25) is 11.9 Å². The highest BCUT2D eigenvalue weighted by Crippen LogP contribution is 2.28. The van der Waals surface area contributed by atoms with E-state index in [2.05, 4.69) is 33.2 Å². The molecule has 0 saturated heterocycles. The van der Waals surface area contributed by atoms with E-state index in [0.29, 0.717) is 11.6 Å². The normalized spacial score (nSPS) is 13.5. The molecule has 0 aliphatic heterocycles. The molecule has 2 aromatic rings. The lowest BCUT2D eigenvalue weighted by atomic mass is 10.1. The van der Waals surface area contributed by atoms with Gasteiger partial charge < -0.3 is 11.5 Å². The Hall–Kier alpha value is -1.82. The minimum absolute atomic E-state index is 0.178. The number of fused-ring (bicyclic) bond motifs is 1. The lowest BCUT2D eigenvalue weighted by Gasteiger charge is -2.05. The molecule has 98 valence electrons. The number of nitrogen functional groups attached to an aromatic ring is 2. The van der Waals surface area contributed by atoms with Gasteiger partial charge in [0.15, 0.2) is 0 Å². The van der Waals surface area contributed by atoms with Crippen LogP contribution in [0.3, 0.4) is 0 Å². The maximum absolute atomic E-state index is 5.55. The van der Waals surface area contributed by atoms with Crippen molar-refractivity contribution in [3.63, 3.8) is 0 Å². The van der Waals surface area contributed by atoms with Gasteiger partial charge in [-0.25, -0.2) is 0 Å². The van der Waals surface area contributed by atoms with Crippen LogP contribution in [0.2, 0.25) is 0 Å². The molecule has 0 atom stereocenters. The van der Waals surface area contributed by atoms with E-state index in [-0.39, 0.29) is 11.9 Å². The van der Waals surface area contributed by atoms with Crippen molar-refractivity contribution in [2.45, 2.75) is 29.9 Å². The zero-order valence-corrected chi connectivity index (χ0v) is 11.3. The number of thioether (sulfide) groups is 1. The molecule has 0 bridgehead atoms. The van der Waals surface area contributed by atoms with Crippen LogP contribution in [0, 0.1) is 0 Å². The molecule has 1 aliphatic rings. The Kier molecular flexibility index (Phi) is 3.25. The number of aryl methyl sites for hydroxylation is 2. The second kappa shape index (κ2) is 5.05. The topological polar surface area (TPSA) is 90.7 Å². The summed E-state index contributed by atoms with van der Waals surface area (Å²) in [6.07, 6.45) is 3.67. The number of anilines is 2. The molecule has 0 amide bonds. The summed E-state index contributed by atoms with van der Waals surface area (Å²) in [6, 6.07) is 6.64. The minimum Gasteiger partial charge on any atom is -0.368 e. The highest BCUT2D eigenvalue weighted by atomic mass is 32.2. The fourth-order valence-corrected chi connectivity index (χ4v) is 3.12. The number of hydrogen-bond acceptors (Lipinski definition) is 6.